The molecule has 1 rings (SSSR count). The van der Waals surface area contributed by atoms with Crippen LogP contribution in [0.2, 0.25) is 7.66 Å². The van der Waals surface area contributed by atoms with E-state index in [2.05, 4.69) is 6.92 Å². The number of ether oxygens (including phenoxy) is 1. The van der Waals surface area contributed by atoms with Crippen LogP contribution in [0.4, 0.5) is 0 Å². The second-order valence-corrected chi connectivity index (χ2v) is 14.3. The zero-order valence-corrected chi connectivity index (χ0v) is 23.7. The summed E-state index contributed by atoms with van der Waals surface area (Å²) in [4.78, 5) is 11.8. The summed E-state index contributed by atoms with van der Waals surface area (Å²) in [5.74, 6) is -4.32. The molecule has 1 saturated heterocycles. The summed E-state index contributed by atoms with van der Waals surface area (Å²) in [6.45, 7) is 1.44. The third-order valence-corrected chi connectivity index (χ3v) is 12.3. The van der Waals surface area contributed by atoms with Gasteiger partial charge < -0.3 is 0 Å². The fourth-order valence-corrected chi connectivity index (χ4v) is 9.71. The van der Waals surface area contributed by atoms with Gasteiger partial charge in [-0.15, -0.1) is 0 Å². The van der Waals surface area contributed by atoms with Gasteiger partial charge in [-0.25, -0.2) is 0 Å². The summed E-state index contributed by atoms with van der Waals surface area (Å²) in [5, 5.41) is 59.8. The molecule has 7 atom stereocenters. The number of hydrogen-bond donors (Lipinski definition) is 7. The van der Waals surface area contributed by atoms with Crippen molar-refractivity contribution in [3.8, 4) is 0 Å². The number of carboxylic acid groups (broad SMARTS) is 1. The normalized spacial score (nSPS) is 29.1. The van der Waals surface area contributed by atoms with Gasteiger partial charge in [-0.2, -0.15) is 0 Å². The maximum absolute atomic E-state index is 11.8. The molecule has 1 heterocycles. The van der Waals surface area contributed by atoms with Crippen LogP contribution in [0.25, 0.3) is 0 Å². The molecule has 10 heteroatoms. The molecule has 202 valence electrons. The number of carbonyl (C=O) groups is 1. The summed E-state index contributed by atoms with van der Waals surface area (Å²) < 4.78 is 5.03. The predicted octanol–water partition coefficient (Wildman–Crippen LogP) is 1.56. The topological polar surface area (TPSA) is 174 Å². The second-order valence-electron chi connectivity index (χ2n) is 9.43. The monoisotopic (exact) mass is 686 g/mol. The van der Waals surface area contributed by atoms with Crippen molar-refractivity contribution in [2.24, 2.45) is 5.73 Å². The molecule has 1 aliphatic rings. The first-order valence-electron chi connectivity index (χ1n) is 12.9. The van der Waals surface area contributed by atoms with Gasteiger partial charge in [-0.05, 0) is 0 Å². The van der Waals surface area contributed by atoms with Crippen LogP contribution < -0.4 is 5.73 Å². The van der Waals surface area contributed by atoms with Crippen LogP contribution in [0.1, 0.15) is 90.4 Å². The van der Waals surface area contributed by atoms with Gasteiger partial charge >= 0.3 is 197 Å². The zero-order valence-electron chi connectivity index (χ0n) is 20.6. The molecule has 0 aromatic rings. The van der Waals surface area contributed by atoms with Crippen LogP contribution in [0.15, 0.2) is 0 Å². The number of aliphatic hydroxyl groups excluding tert-OH is 4. The Hall–Kier alpha value is 0.0861. The Morgan fingerprint density at radius 2 is 1.44 bits per heavy atom. The number of rotatable bonds is 19. The molecular formula is C24H47NO8Po. The van der Waals surface area contributed by atoms with Gasteiger partial charge in [0.05, 0.1) is 0 Å². The van der Waals surface area contributed by atoms with Crippen LogP contribution in [0.3, 0.4) is 0 Å². The third kappa shape index (κ3) is 10.2. The molecule has 1 aliphatic heterocycles. The minimum absolute atomic E-state index is 0.762. The predicted molar refractivity (Wildman–Crippen MR) is 131 cm³/mol. The zero-order chi connectivity index (χ0) is 25.6. The Labute approximate surface area is 215 Å². The van der Waals surface area contributed by atoms with Crippen molar-refractivity contribution in [1.82, 2.24) is 0 Å². The molecule has 34 heavy (non-hydrogen) atoms. The first-order chi connectivity index (χ1) is 16.2. The fourth-order valence-electron chi connectivity index (χ4n) is 4.32. The van der Waals surface area contributed by atoms with Gasteiger partial charge in [0.2, 0.25) is 0 Å². The number of aliphatic hydroxyl groups is 5. The van der Waals surface area contributed by atoms with Crippen LogP contribution in [0.5, 0.6) is 0 Å². The first kappa shape index (κ1) is 32.1. The molecule has 0 aliphatic carbocycles. The molecule has 0 aromatic heterocycles. The van der Waals surface area contributed by atoms with Crippen LogP contribution in [-0.2, 0) is 9.53 Å². The maximum atomic E-state index is 11.8. The van der Waals surface area contributed by atoms with E-state index in [9.17, 15) is 30.3 Å². The van der Waals surface area contributed by atoms with E-state index < -0.39 is 76.0 Å². The van der Waals surface area contributed by atoms with E-state index in [-0.39, 0.29) is 0 Å². The van der Waals surface area contributed by atoms with Crippen molar-refractivity contribution in [1.29, 1.82) is 0 Å². The molecule has 2 unspecified atom stereocenters. The van der Waals surface area contributed by atoms with Gasteiger partial charge in [0.1, 0.15) is 0 Å². The second kappa shape index (κ2) is 17.5. The van der Waals surface area contributed by atoms with Crippen LogP contribution >= 0.6 is 0 Å². The first-order valence-corrected chi connectivity index (χ1v) is 16.9. The van der Waals surface area contributed by atoms with E-state index >= 15 is 0 Å². The van der Waals surface area contributed by atoms with Crippen LogP contribution in [0, 0.1) is 0 Å². The van der Waals surface area contributed by atoms with E-state index in [1.807, 2.05) is 0 Å². The Balaban J connectivity index is 2.33. The Morgan fingerprint density at radius 1 is 0.971 bits per heavy atom. The molecule has 0 amide bonds. The van der Waals surface area contributed by atoms with Crippen LogP contribution in [-0.4, -0.2) is 103 Å². The number of hydrogen-bond acceptors (Lipinski definition) is 8. The van der Waals surface area contributed by atoms with Gasteiger partial charge in [0.25, 0.3) is 0 Å². The standard InChI is InChI=1S/C15H31.C9H16NO8.Po/c1-3-5-7-9-11-13-15-14-12-10-8-6-4-2;10-5-3(12)1-9(17,8(15)16)18-7(5)6(14)4(13)2-11;/h1,3-15H2,2H3;1,3-7,11-14,17H,2,10H2,(H,15,16);/t;3-,4+,5+,6+,7+,9?;/m.0./s1. The molecule has 0 spiro atoms. The molecule has 0 bridgehead atoms. The van der Waals surface area contributed by atoms with Crippen molar-refractivity contribution >= 4 is 29.5 Å². The van der Waals surface area contributed by atoms with E-state index in [4.69, 9.17) is 15.6 Å². The minimum atomic E-state index is -2.67. The van der Waals surface area contributed by atoms with Crippen molar-refractivity contribution < 1.29 is 40.2 Å². The summed E-state index contributed by atoms with van der Waals surface area (Å²) >= 11 is -1.57. The Bertz CT molecular complexity index is 557. The molecule has 0 aromatic carbocycles. The quantitative estimate of drug-likeness (QED) is 0.0996. The third-order valence-electron chi connectivity index (χ3n) is 6.55. The number of unbranched alkanes of at least 4 members (excludes halogenated alkanes) is 12. The fraction of sp³-hybridized carbons (Fsp3) is 0.958. The van der Waals surface area contributed by atoms with Crippen molar-refractivity contribution in [2.45, 2.75) is 134 Å². The Kier molecular flexibility index (Phi) is 16.6. The molecule has 1 fully saturated rings. The van der Waals surface area contributed by atoms with Crippen molar-refractivity contribution in [2.75, 3.05) is 6.61 Å². The summed E-state index contributed by atoms with van der Waals surface area (Å²) in [6.07, 6.45) is 9.79. The number of nitrogens with two attached hydrogens (primary N) is 1. The molecule has 0 radical (unpaired) electrons. The summed E-state index contributed by atoms with van der Waals surface area (Å²) in [5.41, 5.74) is 5.97. The van der Waals surface area contributed by atoms with Crippen molar-refractivity contribution in [3.63, 3.8) is 0 Å². The van der Waals surface area contributed by atoms with Gasteiger partial charge in [-0.1, -0.05) is 19.8 Å². The van der Waals surface area contributed by atoms with E-state index in [1.165, 1.54) is 64.2 Å². The summed E-state index contributed by atoms with van der Waals surface area (Å²) in [7, 11) is 0. The van der Waals surface area contributed by atoms with Gasteiger partial charge in [0, 0.05) is 0 Å². The Morgan fingerprint density at radius 3 is 1.88 bits per heavy atom. The van der Waals surface area contributed by atoms with Crippen molar-refractivity contribution in [3.05, 3.63) is 0 Å². The van der Waals surface area contributed by atoms with E-state index in [0.717, 1.165) is 23.3 Å². The van der Waals surface area contributed by atoms with Gasteiger partial charge in [-0.3, -0.25) is 0 Å². The molecule has 0 saturated carbocycles. The number of carboxylic acids is 1. The van der Waals surface area contributed by atoms with E-state index in [1.54, 1.807) is 0 Å². The SMILES string of the molecule is CCCCCCCCCCCCCC[CH2][Po][CH]1[C@H](O)[C@@H](N)[C@H]([C@H](O)[C@H](O)CO)OC1(O)C(=O)O. The van der Waals surface area contributed by atoms with Gasteiger partial charge in [0.15, 0.2) is 0 Å². The summed E-state index contributed by atoms with van der Waals surface area (Å²) in [6, 6.07) is -1.19. The molecule has 8 N–H and O–H groups in total. The average molecular weight is 687 g/mol. The average Bonchev–Trinajstić information content (AvgIpc) is 2.82. The number of aliphatic carboxylic acids is 1. The molecular weight excluding hydrogens is 639 g/mol. The van der Waals surface area contributed by atoms with E-state index in [0.29, 0.717) is 0 Å². The molecule has 9 nitrogen and oxygen atoms in total.